The number of rotatable bonds is 6. The molecule has 2 amide bonds. The van der Waals surface area contributed by atoms with Gasteiger partial charge in [-0.1, -0.05) is 12.1 Å². The van der Waals surface area contributed by atoms with Crippen molar-refractivity contribution in [2.24, 2.45) is 0 Å². The molecule has 1 aliphatic heterocycles. The van der Waals surface area contributed by atoms with Gasteiger partial charge in [-0.2, -0.15) is 0 Å². The van der Waals surface area contributed by atoms with E-state index in [0.29, 0.717) is 16.5 Å². The molecule has 2 aromatic carbocycles. The van der Waals surface area contributed by atoms with E-state index in [1.165, 1.54) is 11.3 Å². The predicted octanol–water partition coefficient (Wildman–Crippen LogP) is 3.79. The number of carbonyl (C=O) groups excluding carboxylic acids is 2. The Kier molecular flexibility index (Phi) is 5.87. The van der Waals surface area contributed by atoms with Crippen molar-refractivity contribution in [3.8, 4) is 10.6 Å². The molecule has 3 aromatic rings. The lowest BCUT2D eigenvalue weighted by Gasteiger charge is -2.28. The van der Waals surface area contributed by atoms with E-state index in [-0.39, 0.29) is 11.8 Å². The number of nitrogens with one attached hydrogen (secondary N) is 2. The van der Waals surface area contributed by atoms with Crippen molar-refractivity contribution in [2.75, 3.05) is 36.5 Å². The third-order valence-corrected chi connectivity index (χ3v) is 6.58. The Labute approximate surface area is 190 Å². The normalized spacial score (nSPS) is 15.9. The second kappa shape index (κ2) is 9.10. The van der Waals surface area contributed by atoms with Gasteiger partial charge in [0.15, 0.2) is 0 Å². The standard InChI is InChI=1S/C24H24N4O3S/c29-22(26-18-5-6-18)16-1-3-17(4-2-16)24-25-15-21(32-24)23(30)27-19-7-9-20(10-8-19)28-11-13-31-14-12-28/h1-4,7-10,15,18H,5-6,11-14H2,(H,26,29)(H,27,30). The molecule has 0 unspecified atom stereocenters. The van der Waals surface area contributed by atoms with Crippen molar-refractivity contribution in [3.05, 3.63) is 65.2 Å². The average molecular weight is 449 g/mol. The summed E-state index contributed by atoms with van der Waals surface area (Å²) < 4.78 is 5.39. The number of thiazole rings is 1. The summed E-state index contributed by atoms with van der Waals surface area (Å²) in [6.07, 6.45) is 3.71. The zero-order valence-corrected chi connectivity index (χ0v) is 18.4. The van der Waals surface area contributed by atoms with Gasteiger partial charge in [0.05, 0.1) is 19.4 Å². The van der Waals surface area contributed by atoms with Crippen LogP contribution in [0.4, 0.5) is 11.4 Å². The van der Waals surface area contributed by atoms with Crippen molar-refractivity contribution < 1.29 is 14.3 Å². The number of benzene rings is 2. The van der Waals surface area contributed by atoms with Gasteiger partial charge >= 0.3 is 0 Å². The van der Waals surface area contributed by atoms with Gasteiger partial charge in [0.1, 0.15) is 9.88 Å². The maximum atomic E-state index is 12.7. The monoisotopic (exact) mass is 448 g/mol. The quantitative estimate of drug-likeness (QED) is 0.600. The van der Waals surface area contributed by atoms with Crippen LogP contribution >= 0.6 is 11.3 Å². The molecule has 2 N–H and O–H groups in total. The highest BCUT2D eigenvalue weighted by Crippen LogP contribution is 2.27. The number of ether oxygens (including phenoxy) is 1. The second-order valence-corrected chi connectivity index (χ2v) is 8.99. The van der Waals surface area contributed by atoms with Crippen LogP contribution in [-0.2, 0) is 4.74 Å². The van der Waals surface area contributed by atoms with E-state index in [4.69, 9.17) is 4.74 Å². The molecule has 2 heterocycles. The molecular formula is C24H24N4O3S. The SMILES string of the molecule is O=C(NC1CC1)c1ccc(-c2ncc(C(=O)Nc3ccc(N4CCOCC4)cc3)s2)cc1. The van der Waals surface area contributed by atoms with Crippen LogP contribution in [0.15, 0.2) is 54.7 Å². The summed E-state index contributed by atoms with van der Waals surface area (Å²) in [6, 6.07) is 15.5. The lowest BCUT2D eigenvalue weighted by Crippen LogP contribution is -2.36. The first kappa shape index (κ1) is 20.7. The minimum Gasteiger partial charge on any atom is -0.378 e. The largest absolute Gasteiger partial charge is 0.378 e. The molecule has 7 nitrogen and oxygen atoms in total. The van der Waals surface area contributed by atoms with Crippen LogP contribution in [0.5, 0.6) is 0 Å². The first-order valence-electron chi connectivity index (χ1n) is 10.8. The Hall–Kier alpha value is -3.23. The fraction of sp³-hybridized carbons (Fsp3) is 0.292. The Bertz CT molecular complexity index is 1100. The van der Waals surface area contributed by atoms with E-state index in [2.05, 4.69) is 20.5 Å². The van der Waals surface area contributed by atoms with Gasteiger partial charge in [-0.3, -0.25) is 9.59 Å². The van der Waals surface area contributed by atoms with Gasteiger partial charge in [0.25, 0.3) is 11.8 Å². The number of nitrogens with zero attached hydrogens (tertiary/aromatic N) is 2. The zero-order chi connectivity index (χ0) is 21.9. The molecule has 8 heteroatoms. The van der Waals surface area contributed by atoms with Crippen molar-refractivity contribution in [3.63, 3.8) is 0 Å². The minimum absolute atomic E-state index is 0.0436. The number of hydrogen-bond acceptors (Lipinski definition) is 6. The van der Waals surface area contributed by atoms with Gasteiger partial charge < -0.3 is 20.3 Å². The van der Waals surface area contributed by atoms with E-state index < -0.39 is 0 Å². The molecule has 0 atom stereocenters. The molecule has 2 fully saturated rings. The lowest BCUT2D eigenvalue weighted by atomic mass is 10.1. The van der Waals surface area contributed by atoms with Gasteiger partial charge in [-0.05, 0) is 49.2 Å². The van der Waals surface area contributed by atoms with Crippen LogP contribution in [0.1, 0.15) is 32.9 Å². The predicted molar refractivity (Wildman–Crippen MR) is 125 cm³/mol. The van der Waals surface area contributed by atoms with Crippen molar-refractivity contribution >= 4 is 34.5 Å². The summed E-state index contributed by atoms with van der Waals surface area (Å²) >= 11 is 1.33. The molecule has 1 aromatic heterocycles. The van der Waals surface area contributed by atoms with Crippen LogP contribution in [0.25, 0.3) is 10.6 Å². The van der Waals surface area contributed by atoms with Crippen molar-refractivity contribution in [1.82, 2.24) is 10.3 Å². The molecule has 5 rings (SSSR count). The Balaban J connectivity index is 1.21. The van der Waals surface area contributed by atoms with Gasteiger partial charge in [0.2, 0.25) is 0 Å². The molecule has 1 aliphatic carbocycles. The number of morpholine rings is 1. The molecule has 0 radical (unpaired) electrons. The van der Waals surface area contributed by atoms with Crippen LogP contribution in [0, 0.1) is 0 Å². The fourth-order valence-corrected chi connectivity index (χ4v) is 4.36. The van der Waals surface area contributed by atoms with E-state index >= 15 is 0 Å². The minimum atomic E-state index is -0.187. The molecule has 164 valence electrons. The van der Waals surface area contributed by atoms with Crippen LogP contribution < -0.4 is 15.5 Å². The summed E-state index contributed by atoms with van der Waals surface area (Å²) in [7, 11) is 0. The summed E-state index contributed by atoms with van der Waals surface area (Å²) in [5.41, 5.74) is 3.39. The number of amides is 2. The highest BCUT2D eigenvalue weighted by atomic mass is 32.1. The third-order valence-electron chi connectivity index (χ3n) is 5.54. The van der Waals surface area contributed by atoms with E-state index in [1.54, 1.807) is 18.3 Å². The first-order valence-corrected chi connectivity index (χ1v) is 11.6. The van der Waals surface area contributed by atoms with Crippen molar-refractivity contribution in [2.45, 2.75) is 18.9 Å². The Morgan fingerprint density at radius 1 is 0.969 bits per heavy atom. The number of carbonyl (C=O) groups is 2. The maximum absolute atomic E-state index is 12.7. The van der Waals surface area contributed by atoms with Gasteiger partial charge in [0, 0.05) is 41.6 Å². The number of hydrogen-bond donors (Lipinski definition) is 2. The highest BCUT2D eigenvalue weighted by Gasteiger charge is 2.23. The van der Waals surface area contributed by atoms with Crippen LogP contribution in [0.2, 0.25) is 0 Å². The Morgan fingerprint density at radius 3 is 2.38 bits per heavy atom. The first-order chi connectivity index (χ1) is 15.7. The third kappa shape index (κ3) is 4.81. The van der Waals surface area contributed by atoms with E-state index in [1.807, 2.05) is 36.4 Å². The molecule has 2 aliphatic rings. The molecule has 32 heavy (non-hydrogen) atoms. The molecule has 1 saturated heterocycles. The lowest BCUT2D eigenvalue weighted by molar-refractivity contribution is 0.0950. The molecular weight excluding hydrogens is 424 g/mol. The van der Waals surface area contributed by atoms with Crippen LogP contribution in [0.3, 0.4) is 0 Å². The summed E-state index contributed by atoms with van der Waals surface area (Å²) in [5, 5.41) is 6.66. The van der Waals surface area contributed by atoms with Crippen LogP contribution in [-0.4, -0.2) is 49.1 Å². The maximum Gasteiger partial charge on any atom is 0.267 e. The van der Waals surface area contributed by atoms with Gasteiger partial charge in [-0.15, -0.1) is 11.3 Å². The average Bonchev–Trinajstić information content (AvgIpc) is 3.51. The topological polar surface area (TPSA) is 83.6 Å². The fourth-order valence-electron chi connectivity index (χ4n) is 3.54. The highest BCUT2D eigenvalue weighted by molar-refractivity contribution is 7.17. The van der Waals surface area contributed by atoms with Gasteiger partial charge in [-0.25, -0.2) is 4.98 Å². The Morgan fingerprint density at radius 2 is 1.69 bits per heavy atom. The smallest absolute Gasteiger partial charge is 0.267 e. The second-order valence-electron chi connectivity index (χ2n) is 7.96. The van der Waals surface area contributed by atoms with E-state index in [0.717, 1.165) is 61.1 Å². The summed E-state index contributed by atoms with van der Waals surface area (Å²) in [4.78, 5) is 32.0. The summed E-state index contributed by atoms with van der Waals surface area (Å²) in [5.74, 6) is -0.230. The number of aromatic nitrogens is 1. The number of anilines is 2. The zero-order valence-electron chi connectivity index (χ0n) is 17.5. The molecule has 1 saturated carbocycles. The molecule has 0 spiro atoms. The van der Waals surface area contributed by atoms with E-state index in [9.17, 15) is 9.59 Å². The van der Waals surface area contributed by atoms with Crippen molar-refractivity contribution in [1.29, 1.82) is 0 Å². The molecule has 0 bridgehead atoms. The summed E-state index contributed by atoms with van der Waals surface area (Å²) in [6.45, 7) is 3.23.